The Labute approximate surface area is 431 Å². The van der Waals surface area contributed by atoms with E-state index in [4.69, 9.17) is 4.74 Å². The molecule has 0 saturated carbocycles. The summed E-state index contributed by atoms with van der Waals surface area (Å²) in [6.07, 6.45) is 71.2. The van der Waals surface area contributed by atoms with E-state index in [1.54, 1.807) is 6.08 Å². The normalized spacial score (nSPS) is 12.6. The summed E-state index contributed by atoms with van der Waals surface area (Å²) in [5.41, 5.74) is 0. The Bertz CT molecular complexity index is 1030. The maximum atomic E-state index is 12.4. The summed E-state index contributed by atoms with van der Waals surface area (Å²) in [5.74, 6) is -0.0452. The van der Waals surface area contributed by atoms with Crippen LogP contribution in [-0.2, 0) is 14.3 Å². The van der Waals surface area contributed by atoms with Gasteiger partial charge in [-0.3, -0.25) is 9.59 Å². The average Bonchev–Trinajstić information content (AvgIpc) is 3.35. The molecule has 0 radical (unpaired) electrons. The smallest absolute Gasteiger partial charge is 0.305 e. The molecule has 69 heavy (non-hydrogen) atoms. The number of hydrogen-bond donors (Lipinski definition) is 3. The molecular weight excluding hydrogens is 851 g/mol. The summed E-state index contributed by atoms with van der Waals surface area (Å²) in [6, 6.07) is -0.624. The van der Waals surface area contributed by atoms with Gasteiger partial charge >= 0.3 is 5.97 Å². The number of carbonyl (C=O) groups excluding carboxylic acids is 2. The van der Waals surface area contributed by atoms with Crippen molar-refractivity contribution in [2.45, 2.75) is 366 Å². The van der Waals surface area contributed by atoms with Gasteiger partial charge in [0.25, 0.3) is 0 Å². The Morgan fingerprint density at radius 2 is 0.667 bits per heavy atom. The minimum absolute atomic E-state index is 0.0196. The van der Waals surface area contributed by atoms with Gasteiger partial charge in [-0.15, -0.1) is 0 Å². The van der Waals surface area contributed by atoms with Crippen LogP contribution in [0.4, 0.5) is 0 Å². The maximum absolute atomic E-state index is 12.4. The quantitative estimate of drug-likeness (QED) is 0.0321. The van der Waals surface area contributed by atoms with Gasteiger partial charge in [-0.25, -0.2) is 0 Å². The molecule has 0 aliphatic heterocycles. The molecule has 0 aliphatic rings. The van der Waals surface area contributed by atoms with Crippen molar-refractivity contribution in [3.8, 4) is 0 Å². The number of rotatable bonds is 59. The molecule has 0 aliphatic carbocycles. The van der Waals surface area contributed by atoms with Crippen LogP contribution in [0.5, 0.6) is 0 Å². The topological polar surface area (TPSA) is 95.9 Å². The number of allylic oxidation sites excluding steroid dienone is 1. The van der Waals surface area contributed by atoms with E-state index < -0.39 is 12.1 Å². The second kappa shape index (κ2) is 59.2. The number of carbonyl (C=O) groups is 2. The van der Waals surface area contributed by atoms with E-state index in [9.17, 15) is 19.8 Å². The molecule has 0 fully saturated rings. The van der Waals surface area contributed by atoms with Crippen LogP contribution in [-0.4, -0.2) is 47.4 Å². The molecule has 0 bridgehead atoms. The molecule has 0 saturated heterocycles. The van der Waals surface area contributed by atoms with Gasteiger partial charge in [-0.1, -0.05) is 321 Å². The maximum Gasteiger partial charge on any atom is 0.305 e. The largest absolute Gasteiger partial charge is 0.466 e. The zero-order chi connectivity index (χ0) is 50.0. The van der Waals surface area contributed by atoms with Crippen LogP contribution >= 0.6 is 0 Å². The van der Waals surface area contributed by atoms with Crippen molar-refractivity contribution in [1.82, 2.24) is 5.32 Å². The predicted molar refractivity (Wildman–Crippen MR) is 301 cm³/mol. The van der Waals surface area contributed by atoms with Crippen LogP contribution in [0.2, 0.25) is 0 Å². The Balaban J connectivity index is 3.34. The number of unbranched alkanes of at least 4 members (excludes halogenated alkanes) is 48. The van der Waals surface area contributed by atoms with E-state index in [0.717, 1.165) is 38.5 Å². The number of ether oxygens (including phenoxy) is 1. The van der Waals surface area contributed by atoms with Crippen LogP contribution in [0, 0.1) is 0 Å². The van der Waals surface area contributed by atoms with Crippen molar-refractivity contribution in [2.75, 3.05) is 13.2 Å². The number of amides is 1. The van der Waals surface area contributed by atoms with E-state index in [1.165, 1.54) is 289 Å². The van der Waals surface area contributed by atoms with Gasteiger partial charge in [0, 0.05) is 12.8 Å². The summed E-state index contributed by atoms with van der Waals surface area (Å²) in [5, 5.41) is 23.1. The Hall–Kier alpha value is -1.40. The monoisotopic (exact) mass is 974 g/mol. The molecule has 3 N–H and O–H groups in total. The van der Waals surface area contributed by atoms with Crippen molar-refractivity contribution in [3.63, 3.8) is 0 Å². The zero-order valence-electron chi connectivity index (χ0n) is 46.8. The highest BCUT2D eigenvalue weighted by Gasteiger charge is 2.18. The Morgan fingerprint density at radius 3 is 0.986 bits per heavy atom. The molecule has 410 valence electrons. The van der Waals surface area contributed by atoms with Gasteiger partial charge in [-0.2, -0.15) is 0 Å². The van der Waals surface area contributed by atoms with Gasteiger partial charge in [0.2, 0.25) is 5.91 Å². The second-order valence-electron chi connectivity index (χ2n) is 21.8. The molecule has 6 heteroatoms. The highest BCUT2D eigenvalue weighted by atomic mass is 16.5. The fraction of sp³-hybridized carbons (Fsp3) is 0.937. The van der Waals surface area contributed by atoms with E-state index in [0.29, 0.717) is 19.4 Å². The molecule has 6 nitrogen and oxygen atoms in total. The summed E-state index contributed by atoms with van der Waals surface area (Å²) in [6.45, 7) is 4.92. The van der Waals surface area contributed by atoms with Crippen LogP contribution < -0.4 is 5.32 Å². The SMILES string of the molecule is CCCCCCCCCCCC/C=C/C(O)C(CO)NC(=O)CCCCCCCCCCCCCCCCCCCCCCCCCCCCOC(=O)CCCCCCCCCCCCCCCC. The van der Waals surface area contributed by atoms with Gasteiger partial charge in [0.05, 0.1) is 25.4 Å². The van der Waals surface area contributed by atoms with E-state index in [1.807, 2.05) is 6.08 Å². The molecule has 0 rings (SSSR count). The van der Waals surface area contributed by atoms with Crippen LogP contribution in [0.3, 0.4) is 0 Å². The van der Waals surface area contributed by atoms with Gasteiger partial charge in [-0.05, 0) is 32.1 Å². The van der Waals surface area contributed by atoms with Crippen LogP contribution in [0.1, 0.15) is 354 Å². The third-order valence-corrected chi connectivity index (χ3v) is 14.8. The van der Waals surface area contributed by atoms with Crippen LogP contribution in [0.15, 0.2) is 12.2 Å². The van der Waals surface area contributed by atoms with Crippen LogP contribution in [0.25, 0.3) is 0 Å². The summed E-state index contributed by atoms with van der Waals surface area (Å²) >= 11 is 0. The third-order valence-electron chi connectivity index (χ3n) is 14.8. The number of aliphatic hydroxyl groups is 2. The molecule has 1 amide bonds. The first kappa shape index (κ1) is 67.6. The fourth-order valence-electron chi connectivity index (χ4n) is 9.99. The average molecular weight is 975 g/mol. The zero-order valence-corrected chi connectivity index (χ0v) is 46.8. The summed E-state index contributed by atoms with van der Waals surface area (Å²) < 4.78 is 5.49. The molecule has 0 aromatic heterocycles. The lowest BCUT2D eigenvalue weighted by molar-refractivity contribution is -0.143. The lowest BCUT2D eigenvalue weighted by Gasteiger charge is -2.20. The standard InChI is InChI=1S/C63H123NO5/c1-3-5-7-9-11-13-15-17-33-37-41-45-49-53-57-63(68)69-58-54-50-46-42-38-34-31-29-27-25-23-21-19-18-20-22-24-26-28-30-32-36-40-44-48-52-56-62(67)64-60(59-65)61(66)55-51-47-43-39-35-16-14-12-10-8-6-4-2/h51,55,60-61,65-66H,3-50,52-54,56-59H2,1-2H3,(H,64,67)/b55-51+. The van der Waals surface area contributed by atoms with E-state index >= 15 is 0 Å². The highest BCUT2D eigenvalue weighted by Crippen LogP contribution is 2.18. The van der Waals surface area contributed by atoms with Crippen molar-refractivity contribution in [3.05, 3.63) is 12.2 Å². The lowest BCUT2D eigenvalue weighted by atomic mass is 10.0. The fourth-order valence-corrected chi connectivity index (χ4v) is 9.99. The van der Waals surface area contributed by atoms with Crippen molar-refractivity contribution in [2.24, 2.45) is 0 Å². The predicted octanol–water partition coefficient (Wildman–Crippen LogP) is 19.6. The highest BCUT2D eigenvalue weighted by molar-refractivity contribution is 5.76. The molecule has 0 heterocycles. The summed E-state index contributed by atoms with van der Waals surface area (Å²) in [4.78, 5) is 24.5. The molecule has 0 aromatic carbocycles. The first-order chi connectivity index (χ1) is 34.0. The number of nitrogens with one attached hydrogen (secondary N) is 1. The minimum Gasteiger partial charge on any atom is -0.466 e. The number of aliphatic hydroxyl groups excluding tert-OH is 2. The van der Waals surface area contributed by atoms with E-state index in [-0.39, 0.29) is 18.5 Å². The van der Waals surface area contributed by atoms with Gasteiger partial charge in [0.1, 0.15) is 0 Å². The first-order valence-corrected chi connectivity index (χ1v) is 31.5. The molecular formula is C63H123NO5. The Morgan fingerprint density at radius 1 is 0.391 bits per heavy atom. The Kier molecular flexibility index (Phi) is 58.0. The molecule has 0 spiro atoms. The van der Waals surface area contributed by atoms with E-state index in [2.05, 4.69) is 19.2 Å². The lowest BCUT2D eigenvalue weighted by Crippen LogP contribution is -2.45. The molecule has 2 unspecified atom stereocenters. The second-order valence-corrected chi connectivity index (χ2v) is 21.8. The molecule has 2 atom stereocenters. The van der Waals surface area contributed by atoms with Gasteiger partial charge in [0.15, 0.2) is 0 Å². The van der Waals surface area contributed by atoms with Crippen molar-refractivity contribution in [1.29, 1.82) is 0 Å². The summed E-state index contributed by atoms with van der Waals surface area (Å²) in [7, 11) is 0. The number of esters is 1. The number of hydrogen-bond acceptors (Lipinski definition) is 5. The minimum atomic E-state index is -0.841. The van der Waals surface area contributed by atoms with Crippen molar-refractivity contribution >= 4 is 11.9 Å². The van der Waals surface area contributed by atoms with Crippen molar-refractivity contribution < 1.29 is 24.5 Å². The molecule has 0 aromatic rings. The first-order valence-electron chi connectivity index (χ1n) is 31.5. The third kappa shape index (κ3) is 55.8. The van der Waals surface area contributed by atoms with Gasteiger partial charge < -0.3 is 20.3 Å².